The molecule has 3 heteroatoms. The van der Waals surface area contributed by atoms with Crippen molar-refractivity contribution in [2.24, 2.45) is 0 Å². The molecule has 0 aromatic rings. The van der Waals surface area contributed by atoms with Crippen molar-refractivity contribution in [3.8, 4) is 0 Å². The first-order valence-electron chi connectivity index (χ1n) is 5.74. The van der Waals surface area contributed by atoms with Gasteiger partial charge in [0.05, 0.1) is 0 Å². The van der Waals surface area contributed by atoms with Crippen molar-refractivity contribution in [2.75, 3.05) is 31.1 Å². The van der Waals surface area contributed by atoms with Crippen LogP contribution in [-0.4, -0.2) is 47.6 Å². The minimum atomic E-state index is 0.320. The van der Waals surface area contributed by atoms with Gasteiger partial charge in [0.25, 0.3) is 0 Å². The van der Waals surface area contributed by atoms with Crippen LogP contribution in [0.15, 0.2) is 0 Å². The van der Waals surface area contributed by atoms with Gasteiger partial charge in [-0.2, -0.15) is 11.8 Å². The first-order chi connectivity index (χ1) is 6.67. The van der Waals surface area contributed by atoms with E-state index in [0.717, 1.165) is 12.6 Å². The number of nitrogens with zero attached hydrogens (tertiary/aromatic N) is 1. The van der Waals surface area contributed by atoms with Crippen molar-refractivity contribution in [1.29, 1.82) is 0 Å². The van der Waals surface area contributed by atoms with E-state index in [4.69, 9.17) is 0 Å². The Morgan fingerprint density at radius 1 is 1.43 bits per heavy atom. The molecular formula is C11H22N2S. The first-order valence-corrected chi connectivity index (χ1v) is 6.90. The summed E-state index contributed by atoms with van der Waals surface area (Å²) in [6, 6.07) is 0.857. The Morgan fingerprint density at radius 2 is 2.29 bits per heavy atom. The molecule has 82 valence electrons. The highest BCUT2D eigenvalue weighted by atomic mass is 32.2. The fourth-order valence-electron chi connectivity index (χ4n) is 2.50. The second-order valence-corrected chi connectivity index (χ2v) is 6.30. The van der Waals surface area contributed by atoms with E-state index in [1.807, 2.05) is 0 Å². The van der Waals surface area contributed by atoms with Crippen LogP contribution < -0.4 is 5.32 Å². The highest BCUT2D eigenvalue weighted by Gasteiger charge is 2.30. The van der Waals surface area contributed by atoms with Crippen LogP contribution in [0, 0.1) is 0 Å². The highest BCUT2D eigenvalue weighted by molar-refractivity contribution is 7.99. The van der Waals surface area contributed by atoms with Crippen LogP contribution in [0.25, 0.3) is 0 Å². The lowest BCUT2D eigenvalue weighted by Gasteiger charge is -2.44. The Balaban J connectivity index is 1.89. The van der Waals surface area contributed by atoms with Crippen molar-refractivity contribution in [3.05, 3.63) is 0 Å². The molecule has 0 aromatic heterocycles. The summed E-state index contributed by atoms with van der Waals surface area (Å²) in [7, 11) is 0. The minimum Gasteiger partial charge on any atom is -0.309 e. The lowest BCUT2D eigenvalue weighted by atomic mass is 10.00. The summed E-state index contributed by atoms with van der Waals surface area (Å²) >= 11 is 2.13. The molecule has 0 radical (unpaired) electrons. The number of hydrogen-bond acceptors (Lipinski definition) is 3. The minimum absolute atomic E-state index is 0.320. The van der Waals surface area contributed by atoms with Gasteiger partial charge >= 0.3 is 0 Å². The normalized spacial score (nSPS) is 34.3. The van der Waals surface area contributed by atoms with Gasteiger partial charge in [0.1, 0.15) is 0 Å². The smallest absolute Gasteiger partial charge is 0.0252 e. The van der Waals surface area contributed by atoms with E-state index in [1.54, 1.807) is 0 Å². The Hall–Kier alpha value is 0.270. The van der Waals surface area contributed by atoms with Crippen LogP contribution in [0.1, 0.15) is 26.7 Å². The third-order valence-corrected chi connectivity index (χ3v) is 4.45. The van der Waals surface area contributed by atoms with Crippen molar-refractivity contribution in [3.63, 3.8) is 0 Å². The number of thioether (sulfide) groups is 1. The summed E-state index contributed by atoms with van der Waals surface area (Å²) in [6.45, 7) is 8.26. The molecule has 14 heavy (non-hydrogen) atoms. The maximum Gasteiger partial charge on any atom is 0.0252 e. The standard InChI is InChI=1S/C11H22N2S/c1-11(2)9-13(6-5-12-11)10-4-3-7-14-8-10/h10,12H,3-9H2,1-2H3. The molecular weight excluding hydrogens is 192 g/mol. The molecule has 0 bridgehead atoms. The second-order valence-electron chi connectivity index (χ2n) is 5.15. The summed E-state index contributed by atoms with van der Waals surface area (Å²) in [5.74, 6) is 2.74. The first kappa shape index (κ1) is 10.8. The van der Waals surface area contributed by atoms with Crippen LogP contribution in [0.3, 0.4) is 0 Å². The average molecular weight is 214 g/mol. The van der Waals surface area contributed by atoms with Gasteiger partial charge in [-0.05, 0) is 32.4 Å². The molecule has 2 saturated heterocycles. The molecule has 2 aliphatic rings. The zero-order valence-corrected chi connectivity index (χ0v) is 10.2. The predicted octanol–water partition coefficient (Wildman–Crippen LogP) is 1.57. The van der Waals surface area contributed by atoms with Crippen molar-refractivity contribution >= 4 is 11.8 Å². The third-order valence-electron chi connectivity index (χ3n) is 3.25. The van der Waals surface area contributed by atoms with E-state index >= 15 is 0 Å². The molecule has 0 saturated carbocycles. The van der Waals surface area contributed by atoms with Gasteiger partial charge in [-0.15, -0.1) is 0 Å². The van der Waals surface area contributed by atoms with E-state index in [9.17, 15) is 0 Å². The number of hydrogen-bond donors (Lipinski definition) is 1. The van der Waals surface area contributed by atoms with Crippen LogP contribution >= 0.6 is 11.8 Å². The van der Waals surface area contributed by atoms with E-state index in [-0.39, 0.29) is 0 Å². The van der Waals surface area contributed by atoms with Gasteiger partial charge in [-0.3, -0.25) is 4.90 Å². The molecule has 0 amide bonds. The number of piperazine rings is 1. The van der Waals surface area contributed by atoms with Gasteiger partial charge in [0, 0.05) is 37.0 Å². The molecule has 1 unspecified atom stereocenters. The second kappa shape index (κ2) is 4.42. The fraction of sp³-hybridized carbons (Fsp3) is 1.00. The molecule has 1 atom stereocenters. The van der Waals surface area contributed by atoms with E-state index < -0.39 is 0 Å². The quantitative estimate of drug-likeness (QED) is 0.713. The largest absolute Gasteiger partial charge is 0.309 e. The Labute approximate surface area is 91.8 Å². The average Bonchev–Trinajstić information content (AvgIpc) is 2.18. The lowest BCUT2D eigenvalue weighted by Crippen LogP contribution is -2.60. The number of nitrogens with one attached hydrogen (secondary N) is 1. The summed E-state index contributed by atoms with van der Waals surface area (Å²) in [4.78, 5) is 2.70. The SMILES string of the molecule is CC1(C)CN(C2CCCSC2)CCN1. The summed E-state index contributed by atoms with van der Waals surface area (Å²) in [6.07, 6.45) is 2.84. The van der Waals surface area contributed by atoms with Crippen LogP contribution in [-0.2, 0) is 0 Å². The van der Waals surface area contributed by atoms with Gasteiger partial charge in [-0.25, -0.2) is 0 Å². The molecule has 2 aliphatic heterocycles. The third kappa shape index (κ3) is 2.65. The van der Waals surface area contributed by atoms with Crippen LogP contribution in [0.4, 0.5) is 0 Å². The van der Waals surface area contributed by atoms with Crippen LogP contribution in [0.5, 0.6) is 0 Å². The summed E-state index contributed by atoms with van der Waals surface area (Å²) in [5.41, 5.74) is 0.320. The zero-order chi connectivity index (χ0) is 10.0. The highest BCUT2D eigenvalue weighted by Crippen LogP contribution is 2.24. The maximum atomic E-state index is 3.58. The Bertz CT molecular complexity index is 188. The topological polar surface area (TPSA) is 15.3 Å². The van der Waals surface area contributed by atoms with Gasteiger partial charge in [-0.1, -0.05) is 0 Å². The van der Waals surface area contributed by atoms with Crippen molar-refractivity contribution in [1.82, 2.24) is 10.2 Å². The Morgan fingerprint density at radius 3 is 2.93 bits per heavy atom. The lowest BCUT2D eigenvalue weighted by molar-refractivity contribution is 0.113. The number of rotatable bonds is 1. The van der Waals surface area contributed by atoms with E-state index in [1.165, 1.54) is 37.4 Å². The molecule has 0 aliphatic carbocycles. The Kier molecular flexibility index (Phi) is 3.40. The summed E-state index contributed by atoms with van der Waals surface area (Å²) < 4.78 is 0. The molecule has 2 heterocycles. The van der Waals surface area contributed by atoms with Gasteiger partial charge < -0.3 is 5.32 Å². The molecule has 1 N–H and O–H groups in total. The van der Waals surface area contributed by atoms with Crippen molar-refractivity contribution in [2.45, 2.75) is 38.3 Å². The van der Waals surface area contributed by atoms with Crippen LogP contribution in [0.2, 0.25) is 0 Å². The molecule has 2 rings (SSSR count). The van der Waals surface area contributed by atoms with Gasteiger partial charge in [0.2, 0.25) is 0 Å². The molecule has 0 spiro atoms. The molecule has 2 fully saturated rings. The van der Waals surface area contributed by atoms with Crippen molar-refractivity contribution < 1.29 is 0 Å². The molecule has 0 aromatic carbocycles. The predicted molar refractivity (Wildman–Crippen MR) is 64.0 cm³/mol. The zero-order valence-electron chi connectivity index (χ0n) is 9.38. The monoisotopic (exact) mass is 214 g/mol. The summed E-state index contributed by atoms with van der Waals surface area (Å²) in [5, 5.41) is 3.58. The fourth-order valence-corrected chi connectivity index (χ4v) is 3.69. The van der Waals surface area contributed by atoms with Gasteiger partial charge in [0.15, 0.2) is 0 Å². The van der Waals surface area contributed by atoms with E-state index in [0.29, 0.717) is 5.54 Å². The van der Waals surface area contributed by atoms with E-state index in [2.05, 4.69) is 35.8 Å². The molecule has 2 nitrogen and oxygen atoms in total. The maximum absolute atomic E-state index is 3.58.